The normalized spacial score (nSPS) is 12.5. The molecule has 0 saturated carbocycles. The summed E-state index contributed by atoms with van der Waals surface area (Å²) in [4.78, 5) is 11.3. The topological polar surface area (TPSA) is 41.1 Å². The molecule has 21 heavy (non-hydrogen) atoms. The van der Waals surface area contributed by atoms with Gasteiger partial charge in [0.2, 0.25) is 0 Å². The number of halogens is 6. The Morgan fingerprint density at radius 1 is 1.00 bits per heavy atom. The average molecular weight is 312 g/mol. The molecular formula is C12H10F6N2O. The highest BCUT2D eigenvalue weighted by Gasteiger charge is 2.37. The van der Waals surface area contributed by atoms with Crippen molar-refractivity contribution in [1.29, 1.82) is 0 Å². The molecule has 0 radical (unpaired) electrons. The van der Waals surface area contributed by atoms with Crippen molar-refractivity contribution in [3.05, 3.63) is 41.6 Å². The van der Waals surface area contributed by atoms with Gasteiger partial charge in [0.25, 0.3) is 0 Å². The molecule has 2 amide bonds. The third-order valence-electron chi connectivity index (χ3n) is 2.23. The first-order valence-corrected chi connectivity index (χ1v) is 5.52. The molecule has 0 aliphatic heterocycles. The second-order valence-corrected chi connectivity index (χ2v) is 3.89. The number of anilines is 1. The molecule has 2 N–H and O–H groups in total. The van der Waals surface area contributed by atoms with Gasteiger partial charge in [0.05, 0.1) is 11.1 Å². The van der Waals surface area contributed by atoms with Crippen LogP contribution in [0.25, 0.3) is 0 Å². The zero-order valence-corrected chi connectivity index (χ0v) is 10.6. The molecule has 0 spiro atoms. The van der Waals surface area contributed by atoms with Gasteiger partial charge in [-0.3, -0.25) is 0 Å². The van der Waals surface area contributed by atoms with E-state index in [0.717, 1.165) is 0 Å². The van der Waals surface area contributed by atoms with Crippen LogP contribution in [-0.4, -0.2) is 6.03 Å². The van der Waals surface area contributed by atoms with Crippen LogP contribution in [0.1, 0.15) is 18.1 Å². The van der Waals surface area contributed by atoms with Crippen molar-refractivity contribution in [2.75, 3.05) is 5.32 Å². The molecule has 0 atom stereocenters. The molecule has 0 aliphatic carbocycles. The molecule has 0 fully saturated rings. The minimum absolute atomic E-state index is 0.0188. The lowest BCUT2D eigenvalue weighted by Crippen LogP contribution is -2.24. The Labute approximate surface area is 115 Å². The summed E-state index contributed by atoms with van der Waals surface area (Å²) < 4.78 is 75.4. The Morgan fingerprint density at radius 3 is 1.86 bits per heavy atom. The third-order valence-corrected chi connectivity index (χ3v) is 2.23. The van der Waals surface area contributed by atoms with Crippen LogP contribution in [0.4, 0.5) is 36.8 Å². The van der Waals surface area contributed by atoms with Crippen molar-refractivity contribution in [2.24, 2.45) is 0 Å². The fourth-order valence-corrected chi connectivity index (χ4v) is 1.35. The first kappa shape index (κ1) is 16.9. The molecule has 0 bridgehead atoms. The molecule has 0 heterocycles. The summed E-state index contributed by atoms with van der Waals surface area (Å²) in [6.45, 7) is 1.56. The first-order chi connectivity index (χ1) is 9.54. The van der Waals surface area contributed by atoms with Gasteiger partial charge in [0.1, 0.15) is 0 Å². The third kappa shape index (κ3) is 5.01. The van der Waals surface area contributed by atoms with Crippen molar-refractivity contribution in [3.8, 4) is 0 Å². The van der Waals surface area contributed by atoms with Crippen LogP contribution in [0.15, 0.2) is 30.5 Å². The van der Waals surface area contributed by atoms with E-state index in [1.165, 1.54) is 12.3 Å². The molecule has 9 heteroatoms. The number of alkyl halides is 6. The van der Waals surface area contributed by atoms with E-state index in [4.69, 9.17) is 0 Å². The van der Waals surface area contributed by atoms with Crippen LogP contribution in [0.5, 0.6) is 0 Å². The molecule has 1 rings (SSSR count). The number of rotatable bonds is 2. The van der Waals surface area contributed by atoms with Crippen LogP contribution in [0.3, 0.4) is 0 Å². The van der Waals surface area contributed by atoms with Gasteiger partial charge < -0.3 is 10.6 Å². The molecular weight excluding hydrogens is 302 g/mol. The number of allylic oxidation sites excluding steroid dienone is 1. The number of hydrogen-bond donors (Lipinski definition) is 2. The van der Waals surface area contributed by atoms with Gasteiger partial charge in [-0.2, -0.15) is 26.3 Å². The summed E-state index contributed by atoms with van der Waals surface area (Å²) in [6, 6.07) is -0.134. The van der Waals surface area contributed by atoms with E-state index in [2.05, 4.69) is 5.32 Å². The molecule has 1 aromatic rings. The maximum Gasteiger partial charge on any atom is 0.416 e. The SMILES string of the molecule is C/C=C/NC(=O)Nc1cc(C(F)(F)F)cc(C(F)(F)F)c1. The number of carbonyl (C=O) groups excluding carboxylic acids is 1. The smallest absolute Gasteiger partial charge is 0.315 e. The summed E-state index contributed by atoms with van der Waals surface area (Å²) in [5.41, 5.74) is -3.61. The van der Waals surface area contributed by atoms with Gasteiger partial charge in [0.15, 0.2) is 0 Å². The summed E-state index contributed by atoms with van der Waals surface area (Å²) >= 11 is 0. The zero-order valence-electron chi connectivity index (χ0n) is 10.6. The van der Waals surface area contributed by atoms with Gasteiger partial charge in [-0.15, -0.1) is 0 Å². The maximum atomic E-state index is 12.6. The van der Waals surface area contributed by atoms with Crippen LogP contribution in [-0.2, 0) is 12.4 Å². The minimum atomic E-state index is -4.96. The van der Waals surface area contributed by atoms with E-state index in [1.807, 2.05) is 5.32 Å². The van der Waals surface area contributed by atoms with E-state index in [1.54, 1.807) is 6.92 Å². The van der Waals surface area contributed by atoms with E-state index in [-0.39, 0.29) is 6.07 Å². The van der Waals surface area contributed by atoms with Gasteiger partial charge in [0, 0.05) is 11.9 Å². The Hall–Kier alpha value is -2.19. The second kappa shape index (κ2) is 6.06. The van der Waals surface area contributed by atoms with Crippen LogP contribution in [0, 0.1) is 0 Å². The van der Waals surface area contributed by atoms with Crippen molar-refractivity contribution >= 4 is 11.7 Å². The molecule has 0 aliphatic rings. The lowest BCUT2D eigenvalue weighted by atomic mass is 10.1. The quantitative estimate of drug-likeness (QED) is 0.782. The van der Waals surface area contributed by atoms with Gasteiger partial charge in [-0.05, 0) is 25.1 Å². The summed E-state index contributed by atoms with van der Waals surface area (Å²) in [5, 5.41) is 4.00. The zero-order chi connectivity index (χ0) is 16.3. The maximum absolute atomic E-state index is 12.6. The largest absolute Gasteiger partial charge is 0.416 e. The van der Waals surface area contributed by atoms with Crippen LogP contribution < -0.4 is 10.6 Å². The van der Waals surface area contributed by atoms with Gasteiger partial charge in [-0.25, -0.2) is 4.79 Å². The van der Waals surface area contributed by atoms with E-state index >= 15 is 0 Å². The van der Waals surface area contributed by atoms with Crippen molar-refractivity contribution in [2.45, 2.75) is 19.3 Å². The highest BCUT2D eigenvalue weighted by Crippen LogP contribution is 2.37. The molecule has 1 aromatic carbocycles. The highest BCUT2D eigenvalue weighted by atomic mass is 19.4. The van der Waals surface area contributed by atoms with Gasteiger partial charge in [-0.1, -0.05) is 6.08 Å². The van der Waals surface area contributed by atoms with E-state index in [9.17, 15) is 31.1 Å². The summed E-state index contributed by atoms with van der Waals surface area (Å²) in [7, 11) is 0. The number of nitrogens with one attached hydrogen (secondary N) is 2. The fourth-order valence-electron chi connectivity index (χ4n) is 1.35. The fraction of sp³-hybridized carbons (Fsp3) is 0.250. The Kier molecular flexibility index (Phi) is 4.87. The van der Waals surface area contributed by atoms with Crippen molar-refractivity contribution in [3.63, 3.8) is 0 Å². The van der Waals surface area contributed by atoms with Crippen LogP contribution >= 0.6 is 0 Å². The number of amides is 2. The van der Waals surface area contributed by atoms with E-state index < -0.39 is 35.2 Å². The summed E-state index contributed by atoms with van der Waals surface area (Å²) in [6.07, 6.45) is -7.32. The Bertz CT molecular complexity index is 515. The number of carbonyl (C=O) groups is 1. The molecule has 3 nitrogen and oxygen atoms in total. The molecule has 116 valence electrons. The Balaban J connectivity index is 3.17. The molecule has 0 saturated heterocycles. The van der Waals surface area contributed by atoms with Gasteiger partial charge >= 0.3 is 18.4 Å². The summed E-state index contributed by atoms with van der Waals surface area (Å²) in [5.74, 6) is 0. The monoisotopic (exact) mass is 312 g/mol. The predicted octanol–water partition coefficient (Wildman–Crippen LogP) is 4.38. The number of urea groups is 1. The molecule has 0 unspecified atom stereocenters. The highest BCUT2D eigenvalue weighted by molar-refractivity contribution is 5.90. The first-order valence-electron chi connectivity index (χ1n) is 5.52. The average Bonchev–Trinajstić information content (AvgIpc) is 2.34. The number of hydrogen-bond acceptors (Lipinski definition) is 1. The molecule has 0 aromatic heterocycles. The second-order valence-electron chi connectivity index (χ2n) is 3.89. The predicted molar refractivity (Wildman–Crippen MR) is 63.4 cm³/mol. The Morgan fingerprint density at radius 2 is 1.48 bits per heavy atom. The lowest BCUT2D eigenvalue weighted by Gasteiger charge is -2.14. The van der Waals surface area contributed by atoms with Crippen molar-refractivity contribution < 1.29 is 31.1 Å². The standard InChI is InChI=1S/C12H10F6N2O/c1-2-3-19-10(21)20-9-5-7(11(13,14)15)4-8(6-9)12(16,17)18/h2-6H,1H3,(H2,19,20,21)/b3-2+. The lowest BCUT2D eigenvalue weighted by molar-refractivity contribution is -0.143. The number of benzene rings is 1. The van der Waals surface area contributed by atoms with E-state index in [0.29, 0.717) is 12.1 Å². The van der Waals surface area contributed by atoms with Crippen LogP contribution in [0.2, 0.25) is 0 Å². The minimum Gasteiger partial charge on any atom is -0.315 e. The van der Waals surface area contributed by atoms with Crippen molar-refractivity contribution in [1.82, 2.24) is 5.32 Å².